The van der Waals surface area contributed by atoms with Gasteiger partial charge < -0.3 is 14.6 Å². The van der Waals surface area contributed by atoms with Crippen LogP contribution >= 0.6 is 0 Å². The first-order chi connectivity index (χ1) is 12.0. The average Bonchev–Trinajstić information content (AvgIpc) is 3.16. The molecule has 0 bridgehead atoms. The minimum atomic E-state index is -0.103. The van der Waals surface area contributed by atoms with E-state index in [4.69, 9.17) is 4.42 Å². The lowest BCUT2D eigenvalue weighted by Crippen LogP contribution is -2.41. The molecule has 132 valence electrons. The molecule has 1 aromatic heterocycles. The van der Waals surface area contributed by atoms with Crippen molar-refractivity contribution in [2.45, 2.75) is 32.6 Å². The van der Waals surface area contributed by atoms with Crippen LogP contribution in [0.2, 0.25) is 0 Å². The minimum Gasteiger partial charge on any atom is -0.459 e. The van der Waals surface area contributed by atoms with Crippen molar-refractivity contribution < 1.29 is 14.0 Å². The number of nitrogens with zero attached hydrogens (tertiary/aromatic N) is 1. The lowest BCUT2D eigenvalue weighted by atomic mass is 9.95. The molecule has 1 saturated heterocycles. The maximum atomic E-state index is 12.5. The Morgan fingerprint density at radius 2 is 1.92 bits per heavy atom. The minimum absolute atomic E-state index is 0.0333. The molecule has 1 aliphatic rings. The summed E-state index contributed by atoms with van der Waals surface area (Å²) in [6.45, 7) is 5.41. The number of hydrogen-bond acceptors (Lipinski definition) is 3. The van der Waals surface area contributed by atoms with Gasteiger partial charge in [0, 0.05) is 24.7 Å². The Labute approximate surface area is 148 Å². The average molecular weight is 340 g/mol. The number of carbonyl (C=O) groups is 2. The van der Waals surface area contributed by atoms with Crippen molar-refractivity contribution in [1.82, 2.24) is 4.90 Å². The van der Waals surface area contributed by atoms with Crippen molar-refractivity contribution in [2.24, 2.45) is 5.92 Å². The molecule has 3 rings (SSSR count). The standard InChI is InChI=1S/C20H24N2O3/c1-14(2)16-5-3-6-17(13-16)21-19(23)15-8-10-22(11-9-15)20(24)18-7-4-12-25-18/h3-7,12-15H,8-11H2,1-2H3,(H,21,23). The van der Waals surface area contributed by atoms with E-state index >= 15 is 0 Å². The molecule has 25 heavy (non-hydrogen) atoms. The molecular weight excluding hydrogens is 316 g/mol. The number of rotatable bonds is 4. The van der Waals surface area contributed by atoms with Crippen molar-refractivity contribution >= 4 is 17.5 Å². The van der Waals surface area contributed by atoms with Gasteiger partial charge in [-0.1, -0.05) is 26.0 Å². The van der Waals surface area contributed by atoms with Crippen molar-refractivity contribution in [3.8, 4) is 0 Å². The molecule has 1 fully saturated rings. The number of likely N-dealkylation sites (tertiary alicyclic amines) is 1. The van der Waals surface area contributed by atoms with E-state index in [1.807, 2.05) is 18.2 Å². The Hall–Kier alpha value is -2.56. The summed E-state index contributed by atoms with van der Waals surface area (Å²) >= 11 is 0. The SMILES string of the molecule is CC(C)c1cccc(NC(=O)C2CCN(C(=O)c3ccco3)CC2)c1. The maximum Gasteiger partial charge on any atom is 0.289 e. The van der Waals surface area contributed by atoms with Gasteiger partial charge in [-0.05, 0) is 48.6 Å². The highest BCUT2D eigenvalue weighted by Gasteiger charge is 2.28. The van der Waals surface area contributed by atoms with Gasteiger partial charge in [0.05, 0.1) is 6.26 Å². The van der Waals surface area contributed by atoms with Gasteiger partial charge in [-0.3, -0.25) is 9.59 Å². The monoisotopic (exact) mass is 340 g/mol. The zero-order valence-electron chi connectivity index (χ0n) is 14.7. The van der Waals surface area contributed by atoms with Crippen LogP contribution in [0.4, 0.5) is 5.69 Å². The van der Waals surface area contributed by atoms with Gasteiger partial charge in [0.1, 0.15) is 0 Å². The Morgan fingerprint density at radius 3 is 2.56 bits per heavy atom. The lowest BCUT2D eigenvalue weighted by Gasteiger charge is -2.30. The number of carbonyl (C=O) groups excluding carboxylic acids is 2. The first kappa shape index (κ1) is 17.3. The van der Waals surface area contributed by atoms with E-state index in [0.717, 1.165) is 5.69 Å². The van der Waals surface area contributed by atoms with E-state index in [1.54, 1.807) is 17.0 Å². The second kappa shape index (κ2) is 7.55. The fourth-order valence-electron chi connectivity index (χ4n) is 3.12. The van der Waals surface area contributed by atoms with Crippen LogP contribution in [0.25, 0.3) is 0 Å². The van der Waals surface area contributed by atoms with Crippen molar-refractivity contribution in [3.05, 3.63) is 54.0 Å². The number of anilines is 1. The number of furan rings is 1. The second-order valence-electron chi connectivity index (χ2n) is 6.81. The van der Waals surface area contributed by atoms with Crippen molar-refractivity contribution in [3.63, 3.8) is 0 Å². The molecule has 1 aliphatic heterocycles. The summed E-state index contributed by atoms with van der Waals surface area (Å²) in [6.07, 6.45) is 2.84. The Balaban J connectivity index is 1.55. The zero-order chi connectivity index (χ0) is 17.8. The van der Waals surface area contributed by atoms with Crippen LogP contribution in [0.3, 0.4) is 0 Å². The second-order valence-corrected chi connectivity index (χ2v) is 6.81. The quantitative estimate of drug-likeness (QED) is 0.918. The highest BCUT2D eigenvalue weighted by Crippen LogP contribution is 2.23. The molecule has 2 aromatic rings. The van der Waals surface area contributed by atoms with Gasteiger partial charge in [-0.15, -0.1) is 0 Å². The van der Waals surface area contributed by atoms with Gasteiger partial charge in [-0.2, -0.15) is 0 Å². The fourth-order valence-corrected chi connectivity index (χ4v) is 3.12. The largest absolute Gasteiger partial charge is 0.459 e. The first-order valence-corrected chi connectivity index (χ1v) is 8.78. The molecule has 0 atom stereocenters. The van der Waals surface area contributed by atoms with Crippen LogP contribution in [-0.4, -0.2) is 29.8 Å². The van der Waals surface area contributed by atoms with E-state index in [1.165, 1.54) is 11.8 Å². The number of nitrogens with one attached hydrogen (secondary N) is 1. The Bertz CT molecular complexity index is 729. The molecule has 0 spiro atoms. The molecule has 2 heterocycles. The van der Waals surface area contributed by atoms with Gasteiger partial charge in [0.2, 0.25) is 5.91 Å². The number of benzene rings is 1. The summed E-state index contributed by atoms with van der Waals surface area (Å²) in [5.41, 5.74) is 2.04. The molecule has 1 aromatic carbocycles. The molecule has 1 N–H and O–H groups in total. The number of hydrogen-bond donors (Lipinski definition) is 1. The number of amides is 2. The van der Waals surface area contributed by atoms with Crippen LogP contribution in [0.5, 0.6) is 0 Å². The van der Waals surface area contributed by atoms with Gasteiger partial charge in [-0.25, -0.2) is 0 Å². The Morgan fingerprint density at radius 1 is 1.16 bits per heavy atom. The molecule has 5 heteroatoms. The summed E-state index contributed by atoms with van der Waals surface area (Å²) in [6, 6.07) is 11.4. The summed E-state index contributed by atoms with van der Waals surface area (Å²) in [5.74, 6) is 0.643. The van der Waals surface area contributed by atoms with Gasteiger partial charge in [0.15, 0.2) is 5.76 Å². The third-order valence-corrected chi connectivity index (χ3v) is 4.71. The van der Waals surface area contributed by atoms with Crippen LogP contribution in [0.15, 0.2) is 47.1 Å². The molecule has 0 unspecified atom stereocenters. The molecule has 5 nitrogen and oxygen atoms in total. The summed E-state index contributed by atoms with van der Waals surface area (Å²) in [7, 11) is 0. The molecule has 0 radical (unpaired) electrons. The van der Waals surface area contributed by atoms with E-state index in [-0.39, 0.29) is 17.7 Å². The first-order valence-electron chi connectivity index (χ1n) is 8.78. The van der Waals surface area contributed by atoms with Crippen LogP contribution in [0, 0.1) is 5.92 Å². The molecule has 2 amide bonds. The fraction of sp³-hybridized carbons (Fsp3) is 0.400. The van der Waals surface area contributed by atoms with Gasteiger partial charge >= 0.3 is 0 Å². The maximum absolute atomic E-state index is 12.5. The Kier molecular flexibility index (Phi) is 5.22. The third-order valence-electron chi connectivity index (χ3n) is 4.71. The zero-order valence-corrected chi connectivity index (χ0v) is 14.7. The van der Waals surface area contributed by atoms with Crippen LogP contribution in [-0.2, 0) is 4.79 Å². The summed E-state index contributed by atoms with van der Waals surface area (Å²) in [4.78, 5) is 26.5. The van der Waals surface area contributed by atoms with Crippen LogP contribution in [0.1, 0.15) is 48.7 Å². The smallest absolute Gasteiger partial charge is 0.289 e. The topological polar surface area (TPSA) is 62.6 Å². The van der Waals surface area contributed by atoms with Crippen molar-refractivity contribution in [1.29, 1.82) is 0 Å². The highest BCUT2D eigenvalue weighted by molar-refractivity contribution is 5.94. The summed E-state index contributed by atoms with van der Waals surface area (Å²) < 4.78 is 5.16. The molecule has 0 aliphatic carbocycles. The van der Waals surface area contributed by atoms with Crippen molar-refractivity contribution in [2.75, 3.05) is 18.4 Å². The predicted molar refractivity (Wildman–Crippen MR) is 96.5 cm³/mol. The lowest BCUT2D eigenvalue weighted by molar-refractivity contribution is -0.121. The third kappa shape index (κ3) is 4.10. The highest BCUT2D eigenvalue weighted by atomic mass is 16.3. The van der Waals surface area contributed by atoms with E-state index in [2.05, 4.69) is 25.2 Å². The summed E-state index contributed by atoms with van der Waals surface area (Å²) in [5, 5.41) is 3.02. The van der Waals surface area contributed by atoms with Crippen LogP contribution < -0.4 is 5.32 Å². The number of piperidine rings is 1. The van der Waals surface area contributed by atoms with E-state index in [9.17, 15) is 9.59 Å². The van der Waals surface area contributed by atoms with E-state index in [0.29, 0.717) is 37.6 Å². The van der Waals surface area contributed by atoms with E-state index < -0.39 is 0 Å². The predicted octanol–water partition coefficient (Wildman–Crippen LogP) is 3.89. The molecular formula is C20H24N2O3. The normalized spacial score (nSPS) is 15.4. The van der Waals surface area contributed by atoms with Gasteiger partial charge in [0.25, 0.3) is 5.91 Å². The molecule has 0 saturated carbocycles.